The zero-order valence-electron chi connectivity index (χ0n) is 15.9. The molecule has 2 heterocycles. The Bertz CT molecular complexity index is 1390. The first kappa shape index (κ1) is 17.9. The molecule has 1 unspecified atom stereocenters. The smallest absolute Gasteiger partial charge is 0.253 e. The van der Waals surface area contributed by atoms with E-state index < -0.39 is 6.04 Å². The van der Waals surface area contributed by atoms with Crippen molar-refractivity contribution in [3.05, 3.63) is 112 Å². The second-order valence-corrected chi connectivity index (χ2v) is 7.05. The lowest BCUT2D eigenvalue weighted by atomic mass is 10.0. The normalized spacial score (nSPS) is 12.1. The van der Waals surface area contributed by atoms with Crippen LogP contribution in [0.1, 0.15) is 27.8 Å². The SMILES string of the molecule is O=C(NC(c1ccccc1)c1nc2ccccc2[nH]1)c1cc(=O)[nH]c2ccccc12. The number of para-hydroxylation sites is 3. The number of hydrogen-bond donors (Lipinski definition) is 3. The summed E-state index contributed by atoms with van der Waals surface area (Å²) in [5.74, 6) is 0.288. The molecule has 1 atom stereocenters. The van der Waals surface area contributed by atoms with E-state index in [0.29, 0.717) is 22.3 Å². The van der Waals surface area contributed by atoms with Crippen LogP contribution in [0.2, 0.25) is 0 Å². The van der Waals surface area contributed by atoms with Gasteiger partial charge in [-0.1, -0.05) is 60.7 Å². The van der Waals surface area contributed by atoms with Crippen molar-refractivity contribution < 1.29 is 4.79 Å². The third kappa shape index (κ3) is 3.24. The van der Waals surface area contributed by atoms with Gasteiger partial charge in [0.1, 0.15) is 11.9 Å². The molecule has 146 valence electrons. The van der Waals surface area contributed by atoms with Gasteiger partial charge in [0.25, 0.3) is 5.91 Å². The molecule has 3 aromatic carbocycles. The molecule has 3 N–H and O–H groups in total. The summed E-state index contributed by atoms with van der Waals surface area (Å²) < 4.78 is 0. The molecule has 0 aliphatic rings. The fourth-order valence-electron chi connectivity index (χ4n) is 3.67. The lowest BCUT2D eigenvalue weighted by Crippen LogP contribution is -2.31. The van der Waals surface area contributed by atoms with E-state index in [1.54, 1.807) is 6.07 Å². The Labute approximate surface area is 171 Å². The maximum absolute atomic E-state index is 13.3. The highest BCUT2D eigenvalue weighted by Gasteiger charge is 2.22. The highest BCUT2D eigenvalue weighted by molar-refractivity contribution is 6.06. The van der Waals surface area contributed by atoms with Crippen molar-refractivity contribution in [1.29, 1.82) is 0 Å². The number of carbonyl (C=O) groups excluding carboxylic acids is 1. The van der Waals surface area contributed by atoms with E-state index in [-0.39, 0.29) is 11.5 Å². The van der Waals surface area contributed by atoms with E-state index in [1.165, 1.54) is 6.07 Å². The predicted octanol–water partition coefficient (Wildman–Crippen LogP) is 3.92. The van der Waals surface area contributed by atoms with Gasteiger partial charge in [0.15, 0.2) is 0 Å². The molecule has 0 radical (unpaired) electrons. The molecule has 1 amide bonds. The average molecular weight is 394 g/mol. The summed E-state index contributed by atoms with van der Waals surface area (Å²) in [5, 5.41) is 3.75. The van der Waals surface area contributed by atoms with Crippen LogP contribution in [0.15, 0.2) is 89.7 Å². The van der Waals surface area contributed by atoms with Crippen LogP contribution in [0.3, 0.4) is 0 Å². The van der Waals surface area contributed by atoms with Gasteiger partial charge in [-0.25, -0.2) is 4.98 Å². The summed E-state index contributed by atoms with van der Waals surface area (Å²) in [6.07, 6.45) is 0. The van der Waals surface area contributed by atoms with Crippen LogP contribution in [0.4, 0.5) is 0 Å². The molecular formula is C24H18N4O2. The monoisotopic (exact) mass is 394 g/mol. The first-order valence-electron chi connectivity index (χ1n) is 9.61. The third-order valence-electron chi connectivity index (χ3n) is 5.08. The molecule has 0 aliphatic heterocycles. The van der Waals surface area contributed by atoms with E-state index in [4.69, 9.17) is 0 Å². The van der Waals surface area contributed by atoms with Gasteiger partial charge in [0.2, 0.25) is 5.56 Å². The Hall–Kier alpha value is -4.19. The molecule has 0 aliphatic carbocycles. The molecule has 2 aromatic heterocycles. The molecule has 0 fully saturated rings. The van der Waals surface area contributed by atoms with Crippen molar-refractivity contribution in [2.24, 2.45) is 0 Å². The van der Waals surface area contributed by atoms with Gasteiger partial charge in [-0.05, 0) is 23.8 Å². The maximum atomic E-state index is 13.3. The van der Waals surface area contributed by atoms with E-state index in [9.17, 15) is 9.59 Å². The second kappa shape index (κ2) is 7.33. The number of rotatable bonds is 4. The van der Waals surface area contributed by atoms with E-state index in [2.05, 4.69) is 20.3 Å². The quantitative estimate of drug-likeness (QED) is 0.431. The highest BCUT2D eigenvalue weighted by Crippen LogP contribution is 2.24. The second-order valence-electron chi connectivity index (χ2n) is 7.05. The molecule has 0 saturated heterocycles. The van der Waals surface area contributed by atoms with Crippen LogP contribution in [-0.2, 0) is 0 Å². The number of amides is 1. The lowest BCUT2D eigenvalue weighted by Gasteiger charge is -2.18. The van der Waals surface area contributed by atoms with Crippen LogP contribution in [-0.4, -0.2) is 20.9 Å². The van der Waals surface area contributed by atoms with Gasteiger partial charge in [-0.3, -0.25) is 9.59 Å². The van der Waals surface area contributed by atoms with Gasteiger partial charge in [-0.15, -0.1) is 0 Å². The Morgan fingerprint density at radius 1 is 0.833 bits per heavy atom. The lowest BCUT2D eigenvalue weighted by molar-refractivity contribution is 0.0943. The molecule has 6 heteroatoms. The van der Waals surface area contributed by atoms with Crippen molar-refractivity contribution in [2.75, 3.05) is 0 Å². The Morgan fingerprint density at radius 2 is 1.53 bits per heavy atom. The Kier molecular flexibility index (Phi) is 4.37. The predicted molar refractivity (Wildman–Crippen MR) is 116 cm³/mol. The number of pyridine rings is 1. The van der Waals surface area contributed by atoms with Gasteiger partial charge < -0.3 is 15.3 Å². The van der Waals surface area contributed by atoms with Crippen molar-refractivity contribution >= 4 is 27.8 Å². The number of hydrogen-bond acceptors (Lipinski definition) is 3. The fraction of sp³-hybridized carbons (Fsp3) is 0.0417. The number of imidazole rings is 1. The molecule has 0 bridgehead atoms. The van der Waals surface area contributed by atoms with Gasteiger partial charge in [0, 0.05) is 17.0 Å². The number of benzene rings is 3. The summed E-state index contributed by atoms with van der Waals surface area (Å²) in [4.78, 5) is 36.1. The molecule has 0 saturated carbocycles. The van der Waals surface area contributed by atoms with Crippen LogP contribution in [0.5, 0.6) is 0 Å². The number of H-pyrrole nitrogens is 2. The van der Waals surface area contributed by atoms with Gasteiger partial charge in [-0.2, -0.15) is 0 Å². The van der Waals surface area contributed by atoms with Crippen molar-refractivity contribution in [2.45, 2.75) is 6.04 Å². The number of carbonyl (C=O) groups is 1. The van der Waals surface area contributed by atoms with Gasteiger partial charge in [0.05, 0.1) is 16.6 Å². The molecular weight excluding hydrogens is 376 g/mol. The number of nitrogens with one attached hydrogen (secondary N) is 3. The minimum atomic E-state index is -0.496. The topological polar surface area (TPSA) is 90.6 Å². The zero-order chi connectivity index (χ0) is 20.5. The summed E-state index contributed by atoms with van der Waals surface area (Å²) in [7, 11) is 0. The third-order valence-corrected chi connectivity index (χ3v) is 5.08. The molecule has 0 spiro atoms. The van der Waals surface area contributed by atoms with Crippen LogP contribution in [0.25, 0.3) is 21.9 Å². The molecule has 30 heavy (non-hydrogen) atoms. The first-order chi connectivity index (χ1) is 14.7. The number of nitrogens with zero attached hydrogens (tertiary/aromatic N) is 1. The van der Waals surface area contributed by atoms with E-state index >= 15 is 0 Å². The van der Waals surface area contributed by atoms with Crippen molar-refractivity contribution in [1.82, 2.24) is 20.3 Å². The summed E-state index contributed by atoms with van der Waals surface area (Å²) in [6.45, 7) is 0. The number of fused-ring (bicyclic) bond motifs is 2. The maximum Gasteiger partial charge on any atom is 0.253 e. The summed E-state index contributed by atoms with van der Waals surface area (Å²) in [6, 6.07) is 25.4. The van der Waals surface area contributed by atoms with E-state index in [0.717, 1.165) is 16.6 Å². The van der Waals surface area contributed by atoms with Gasteiger partial charge >= 0.3 is 0 Å². The fourth-order valence-corrected chi connectivity index (χ4v) is 3.67. The van der Waals surface area contributed by atoms with Crippen molar-refractivity contribution in [3.8, 4) is 0 Å². The van der Waals surface area contributed by atoms with Crippen molar-refractivity contribution in [3.63, 3.8) is 0 Å². The first-order valence-corrected chi connectivity index (χ1v) is 9.61. The minimum absolute atomic E-state index is 0.321. The molecule has 6 nitrogen and oxygen atoms in total. The Balaban J connectivity index is 1.59. The van der Waals surface area contributed by atoms with E-state index in [1.807, 2.05) is 72.8 Å². The Morgan fingerprint density at radius 3 is 2.33 bits per heavy atom. The highest BCUT2D eigenvalue weighted by atomic mass is 16.2. The minimum Gasteiger partial charge on any atom is -0.340 e. The largest absolute Gasteiger partial charge is 0.340 e. The molecule has 5 aromatic rings. The average Bonchev–Trinajstić information content (AvgIpc) is 3.21. The molecule has 5 rings (SSSR count). The zero-order valence-corrected chi connectivity index (χ0v) is 15.9. The van der Waals surface area contributed by atoms with Crippen LogP contribution < -0.4 is 10.9 Å². The van der Waals surface area contributed by atoms with Crippen LogP contribution >= 0.6 is 0 Å². The summed E-state index contributed by atoms with van der Waals surface area (Å²) in [5.41, 5.74) is 3.23. The van der Waals surface area contributed by atoms with Crippen LogP contribution in [0, 0.1) is 0 Å². The number of aromatic amines is 2. The number of aromatic nitrogens is 3. The summed E-state index contributed by atoms with van der Waals surface area (Å²) >= 11 is 0. The standard InChI is InChI=1S/C24H18N4O2/c29-21-14-17(16-10-4-5-11-18(16)25-21)24(30)28-22(15-8-2-1-3-9-15)23-26-19-12-6-7-13-20(19)27-23/h1-14,22H,(H,25,29)(H,26,27)(H,28,30).